The third-order valence-corrected chi connectivity index (χ3v) is 2.74. The Hall–Kier alpha value is -2.21. The predicted octanol–water partition coefficient (Wildman–Crippen LogP) is 1.95. The number of pyridine rings is 1. The molecule has 1 aromatic heterocycles. The first-order valence-corrected chi connectivity index (χ1v) is 6.27. The summed E-state index contributed by atoms with van der Waals surface area (Å²) < 4.78 is 18.2. The molecule has 0 saturated heterocycles. The Morgan fingerprint density at radius 1 is 1.50 bits per heavy atom. The molecule has 0 atom stereocenters. The van der Waals surface area contributed by atoms with E-state index < -0.39 is 11.8 Å². The lowest BCUT2D eigenvalue weighted by Gasteiger charge is -2.13. The van der Waals surface area contributed by atoms with Crippen molar-refractivity contribution in [3.05, 3.63) is 35.8 Å². The van der Waals surface area contributed by atoms with Gasteiger partial charge < -0.3 is 15.2 Å². The van der Waals surface area contributed by atoms with Crippen molar-refractivity contribution in [2.24, 2.45) is 0 Å². The quantitative estimate of drug-likeness (QED) is 0.818. The summed E-state index contributed by atoms with van der Waals surface area (Å²) in [6.07, 6.45) is 1.35. The summed E-state index contributed by atoms with van der Waals surface area (Å²) in [5, 5.41) is 12.5. The molecular weight excluding hydrogens is 263 g/mol. The summed E-state index contributed by atoms with van der Waals surface area (Å²) in [5.41, 5.74) is 1.18. The summed E-state index contributed by atoms with van der Waals surface area (Å²) in [4.78, 5) is 16.0. The summed E-state index contributed by atoms with van der Waals surface area (Å²) >= 11 is 0. The van der Waals surface area contributed by atoms with Gasteiger partial charge in [0.25, 0.3) is 0 Å². The van der Waals surface area contributed by atoms with Crippen LogP contribution in [0.4, 0.5) is 10.1 Å². The molecule has 0 unspecified atom stereocenters. The molecule has 5 nitrogen and oxygen atoms in total. The number of nitrogens with one attached hydrogen (secondary N) is 1. The van der Waals surface area contributed by atoms with E-state index in [4.69, 9.17) is 9.84 Å². The van der Waals surface area contributed by atoms with Gasteiger partial charge in [-0.25, -0.2) is 9.18 Å². The number of aromatic nitrogens is 1. The van der Waals surface area contributed by atoms with Crippen LogP contribution >= 0.6 is 0 Å². The van der Waals surface area contributed by atoms with Gasteiger partial charge in [0.2, 0.25) is 0 Å². The van der Waals surface area contributed by atoms with E-state index in [-0.39, 0.29) is 25.3 Å². The maximum absolute atomic E-state index is 13.2. The van der Waals surface area contributed by atoms with Crippen LogP contribution in [0.1, 0.15) is 17.3 Å². The van der Waals surface area contributed by atoms with Crippen LogP contribution in [0.3, 0.4) is 0 Å². The molecule has 0 aliphatic carbocycles. The normalized spacial score (nSPS) is 10.6. The number of fused-ring (bicyclic) bond motifs is 1. The zero-order valence-electron chi connectivity index (χ0n) is 11.0. The fraction of sp³-hybridized carbons (Fsp3) is 0.286. The number of esters is 1. The molecular formula is C14H15FN2O3. The number of aliphatic hydroxyl groups is 1. The molecule has 0 fully saturated rings. The Morgan fingerprint density at radius 3 is 3.00 bits per heavy atom. The highest BCUT2D eigenvalue weighted by Gasteiger charge is 2.16. The molecule has 6 heteroatoms. The SMILES string of the molecule is CCOC(=O)c1cnc2cc(F)ccc2c1NCCO. The minimum Gasteiger partial charge on any atom is -0.462 e. The van der Waals surface area contributed by atoms with E-state index in [9.17, 15) is 9.18 Å². The lowest BCUT2D eigenvalue weighted by atomic mass is 10.1. The molecule has 2 N–H and O–H groups in total. The van der Waals surface area contributed by atoms with Gasteiger partial charge in [0.05, 0.1) is 24.4 Å². The number of carbonyl (C=O) groups excluding carboxylic acids is 1. The molecule has 20 heavy (non-hydrogen) atoms. The second-order valence-electron chi connectivity index (χ2n) is 4.08. The number of rotatable bonds is 5. The molecule has 0 saturated carbocycles. The molecule has 2 rings (SSSR count). The number of halogens is 1. The summed E-state index contributed by atoms with van der Waals surface area (Å²) in [6.45, 7) is 2.14. The summed E-state index contributed by atoms with van der Waals surface area (Å²) in [6, 6.07) is 4.12. The van der Waals surface area contributed by atoms with Crippen molar-refractivity contribution in [2.45, 2.75) is 6.92 Å². The average Bonchev–Trinajstić information content (AvgIpc) is 2.44. The van der Waals surface area contributed by atoms with Gasteiger partial charge in [-0.2, -0.15) is 0 Å². The van der Waals surface area contributed by atoms with Crippen LogP contribution in [0.15, 0.2) is 24.4 Å². The van der Waals surface area contributed by atoms with Crippen molar-refractivity contribution in [1.29, 1.82) is 0 Å². The zero-order valence-corrected chi connectivity index (χ0v) is 11.0. The van der Waals surface area contributed by atoms with E-state index in [0.29, 0.717) is 16.6 Å². The molecule has 0 aliphatic heterocycles. The maximum Gasteiger partial charge on any atom is 0.341 e. The first-order chi connectivity index (χ1) is 9.67. The second kappa shape index (κ2) is 6.29. The van der Waals surface area contributed by atoms with Crippen molar-refractivity contribution >= 4 is 22.6 Å². The van der Waals surface area contributed by atoms with Crippen LogP contribution in [0.5, 0.6) is 0 Å². The Labute approximate surface area is 115 Å². The smallest absolute Gasteiger partial charge is 0.341 e. The summed E-state index contributed by atoms with van der Waals surface area (Å²) in [7, 11) is 0. The molecule has 106 valence electrons. The third-order valence-electron chi connectivity index (χ3n) is 2.74. The van der Waals surface area contributed by atoms with Crippen LogP contribution in [0.2, 0.25) is 0 Å². The highest BCUT2D eigenvalue weighted by molar-refractivity contribution is 6.04. The van der Waals surface area contributed by atoms with Crippen LogP contribution in [-0.4, -0.2) is 35.8 Å². The van der Waals surface area contributed by atoms with Crippen molar-refractivity contribution in [2.75, 3.05) is 25.1 Å². The Balaban J connectivity index is 2.56. The second-order valence-corrected chi connectivity index (χ2v) is 4.08. The van der Waals surface area contributed by atoms with Gasteiger partial charge in [-0.05, 0) is 19.1 Å². The van der Waals surface area contributed by atoms with E-state index in [1.165, 1.54) is 18.3 Å². The van der Waals surface area contributed by atoms with E-state index in [1.54, 1.807) is 13.0 Å². The number of ether oxygens (including phenoxy) is 1. The molecule has 1 aromatic carbocycles. The molecule has 1 heterocycles. The first-order valence-electron chi connectivity index (χ1n) is 6.27. The van der Waals surface area contributed by atoms with Gasteiger partial charge in [-0.15, -0.1) is 0 Å². The number of hydrogen-bond donors (Lipinski definition) is 2. The lowest BCUT2D eigenvalue weighted by molar-refractivity contribution is 0.0527. The van der Waals surface area contributed by atoms with Crippen LogP contribution in [0.25, 0.3) is 10.9 Å². The number of benzene rings is 1. The number of anilines is 1. The highest BCUT2D eigenvalue weighted by Crippen LogP contribution is 2.27. The van der Waals surface area contributed by atoms with Crippen molar-refractivity contribution in [3.8, 4) is 0 Å². The first kappa shape index (κ1) is 14.2. The minimum absolute atomic E-state index is 0.0900. The fourth-order valence-electron chi connectivity index (χ4n) is 1.90. The zero-order chi connectivity index (χ0) is 14.5. The monoisotopic (exact) mass is 278 g/mol. The molecule has 0 amide bonds. The van der Waals surface area contributed by atoms with Gasteiger partial charge in [-0.3, -0.25) is 4.98 Å². The highest BCUT2D eigenvalue weighted by atomic mass is 19.1. The lowest BCUT2D eigenvalue weighted by Crippen LogP contribution is -2.13. The predicted molar refractivity (Wildman–Crippen MR) is 73.2 cm³/mol. The van der Waals surface area contributed by atoms with Gasteiger partial charge >= 0.3 is 5.97 Å². The van der Waals surface area contributed by atoms with E-state index in [0.717, 1.165) is 0 Å². The molecule has 0 aliphatic rings. The topological polar surface area (TPSA) is 71.5 Å². The van der Waals surface area contributed by atoms with Gasteiger partial charge in [0.15, 0.2) is 0 Å². The molecule has 0 spiro atoms. The van der Waals surface area contributed by atoms with Gasteiger partial charge in [-0.1, -0.05) is 0 Å². The molecule has 0 bridgehead atoms. The van der Waals surface area contributed by atoms with Crippen LogP contribution < -0.4 is 5.32 Å². The van der Waals surface area contributed by atoms with E-state index in [2.05, 4.69) is 10.3 Å². The van der Waals surface area contributed by atoms with Crippen LogP contribution in [-0.2, 0) is 4.74 Å². The third kappa shape index (κ3) is 2.85. The van der Waals surface area contributed by atoms with Crippen molar-refractivity contribution in [1.82, 2.24) is 4.98 Å². The van der Waals surface area contributed by atoms with E-state index in [1.807, 2.05) is 0 Å². The molecule has 0 radical (unpaired) electrons. The van der Waals surface area contributed by atoms with E-state index >= 15 is 0 Å². The Bertz CT molecular complexity index is 631. The number of nitrogens with zero attached hydrogens (tertiary/aromatic N) is 1. The maximum atomic E-state index is 13.2. The van der Waals surface area contributed by atoms with Crippen molar-refractivity contribution < 1.29 is 19.0 Å². The number of aliphatic hydroxyl groups excluding tert-OH is 1. The summed E-state index contributed by atoms with van der Waals surface area (Å²) in [5.74, 6) is -0.909. The molecule has 2 aromatic rings. The van der Waals surface area contributed by atoms with Crippen molar-refractivity contribution in [3.63, 3.8) is 0 Å². The Kier molecular flexibility index (Phi) is 4.47. The largest absolute Gasteiger partial charge is 0.462 e. The standard InChI is InChI=1S/C14H15FN2O3/c1-2-20-14(19)11-8-17-12-7-9(15)3-4-10(12)13(11)16-5-6-18/h3-4,7-8,18H,2,5-6H2,1H3,(H,16,17). The average molecular weight is 278 g/mol. The number of hydrogen-bond acceptors (Lipinski definition) is 5. The van der Waals surface area contributed by atoms with Gasteiger partial charge in [0.1, 0.15) is 11.4 Å². The Morgan fingerprint density at radius 2 is 2.30 bits per heavy atom. The fourth-order valence-corrected chi connectivity index (χ4v) is 1.90. The minimum atomic E-state index is -0.508. The number of carbonyl (C=O) groups is 1. The van der Waals surface area contributed by atoms with Gasteiger partial charge in [0, 0.05) is 24.2 Å². The van der Waals surface area contributed by atoms with Crippen LogP contribution in [0, 0.1) is 5.82 Å².